The van der Waals surface area contributed by atoms with E-state index in [1.54, 1.807) is 0 Å². The van der Waals surface area contributed by atoms with Gasteiger partial charge < -0.3 is 9.94 Å². The second-order valence-electron chi connectivity index (χ2n) is 3.78. The minimum Gasteiger partial charge on any atom is -0.492 e. The Balaban J connectivity index is 2.35. The molecule has 80 valence electrons. The van der Waals surface area contributed by atoms with Crippen LogP contribution in [0.2, 0.25) is 0 Å². The van der Waals surface area contributed by atoms with Crippen molar-refractivity contribution in [3.05, 3.63) is 29.8 Å². The van der Waals surface area contributed by atoms with Gasteiger partial charge in [0.05, 0.1) is 12.3 Å². The van der Waals surface area contributed by atoms with Gasteiger partial charge in [-0.25, -0.2) is 0 Å². The average molecular weight is 205 g/mol. The Labute approximate surface area is 89.4 Å². The number of hydrogen-bond donors (Lipinski definition) is 1. The van der Waals surface area contributed by atoms with Crippen LogP contribution in [0.1, 0.15) is 25.3 Å². The molecule has 1 aromatic carbocycles. The van der Waals surface area contributed by atoms with Crippen LogP contribution < -0.4 is 4.74 Å². The number of rotatable bonds is 2. The van der Waals surface area contributed by atoms with Crippen molar-refractivity contribution >= 4 is 5.71 Å². The van der Waals surface area contributed by atoms with Crippen molar-refractivity contribution in [1.82, 2.24) is 0 Å². The van der Waals surface area contributed by atoms with E-state index in [4.69, 9.17) is 9.94 Å². The van der Waals surface area contributed by atoms with Gasteiger partial charge in [0.25, 0.3) is 0 Å². The lowest BCUT2D eigenvalue weighted by Crippen LogP contribution is -2.28. The largest absolute Gasteiger partial charge is 0.492 e. The maximum Gasteiger partial charge on any atom is 0.128 e. The van der Waals surface area contributed by atoms with Gasteiger partial charge in [-0.1, -0.05) is 30.6 Å². The molecule has 0 aromatic heterocycles. The highest BCUT2D eigenvalue weighted by molar-refractivity contribution is 6.04. The summed E-state index contributed by atoms with van der Waals surface area (Å²) in [7, 11) is 0. The normalized spacial score (nSPS) is 22.2. The Morgan fingerprint density at radius 3 is 3.00 bits per heavy atom. The summed E-state index contributed by atoms with van der Waals surface area (Å²) in [5, 5.41) is 12.5. The Bertz CT molecular complexity index is 374. The number of nitrogens with zero attached hydrogens (tertiary/aromatic N) is 1. The summed E-state index contributed by atoms with van der Waals surface area (Å²) in [6, 6.07) is 7.70. The van der Waals surface area contributed by atoms with Gasteiger partial charge in [0.2, 0.25) is 0 Å². The zero-order valence-electron chi connectivity index (χ0n) is 8.81. The van der Waals surface area contributed by atoms with Gasteiger partial charge in [-0.15, -0.1) is 0 Å². The molecule has 0 spiro atoms. The molecule has 0 radical (unpaired) electrons. The molecule has 0 bridgehead atoms. The first kappa shape index (κ1) is 10.0. The predicted octanol–water partition coefficient (Wildman–Crippen LogP) is 2.67. The summed E-state index contributed by atoms with van der Waals surface area (Å²) in [6.07, 6.45) is 2.06. The molecule has 0 saturated heterocycles. The van der Waals surface area contributed by atoms with Crippen molar-refractivity contribution < 1.29 is 9.94 Å². The van der Waals surface area contributed by atoms with Crippen LogP contribution in [0, 0.1) is 5.92 Å². The minimum atomic E-state index is 0.217. The molecule has 0 fully saturated rings. The SMILES string of the molecule is CCCC1COc2ccccc2/C1=N/O. The number of fused-ring (bicyclic) bond motifs is 1. The average Bonchev–Trinajstić information content (AvgIpc) is 2.29. The molecule has 1 aliphatic heterocycles. The smallest absolute Gasteiger partial charge is 0.128 e. The molecular weight excluding hydrogens is 190 g/mol. The zero-order chi connectivity index (χ0) is 10.7. The van der Waals surface area contributed by atoms with E-state index in [0.717, 1.165) is 29.9 Å². The van der Waals surface area contributed by atoms with E-state index in [1.807, 2.05) is 24.3 Å². The van der Waals surface area contributed by atoms with Crippen molar-refractivity contribution in [2.75, 3.05) is 6.61 Å². The van der Waals surface area contributed by atoms with E-state index in [-0.39, 0.29) is 5.92 Å². The van der Waals surface area contributed by atoms with Gasteiger partial charge in [-0.2, -0.15) is 0 Å². The van der Waals surface area contributed by atoms with E-state index in [9.17, 15) is 0 Å². The molecule has 2 rings (SSSR count). The van der Waals surface area contributed by atoms with Crippen LogP contribution >= 0.6 is 0 Å². The molecule has 3 heteroatoms. The highest BCUT2D eigenvalue weighted by atomic mass is 16.5. The Morgan fingerprint density at radius 1 is 1.47 bits per heavy atom. The summed E-state index contributed by atoms with van der Waals surface area (Å²) in [6.45, 7) is 2.74. The number of ether oxygens (including phenoxy) is 1. The maximum atomic E-state index is 9.07. The van der Waals surface area contributed by atoms with Crippen LogP contribution in [0.25, 0.3) is 0 Å². The van der Waals surface area contributed by atoms with E-state index >= 15 is 0 Å². The molecule has 1 atom stereocenters. The van der Waals surface area contributed by atoms with E-state index in [2.05, 4.69) is 12.1 Å². The van der Waals surface area contributed by atoms with Crippen molar-refractivity contribution in [3.8, 4) is 5.75 Å². The topological polar surface area (TPSA) is 41.8 Å². The molecule has 3 nitrogen and oxygen atoms in total. The third-order valence-corrected chi connectivity index (χ3v) is 2.73. The molecule has 1 unspecified atom stereocenters. The molecule has 0 aliphatic carbocycles. The molecule has 1 aliphatic rings. The Hall–Kier alpha value is -1.51. The van der Waals surface area contributed by atoms with Crippen molar-refractivity contribution in [3.63, 3.8) is 0 Å². The number of oxime groups is 1. The molecule has 0 saturated carbocycles. The van der Waals surface area contributed by atoms with Gasteiger partial charge in [-0.05, 0) is 18.6 Å². The number of para-hydroxylation sites is 1. The predicted molar refractivity (Wildman–Crippen MR) is 58.7 cm³/mol. The Kier molecular flexibility index (Phi) is 2.90. The van der Waals surface area contributed by atoms with E-state index in [0.29, 0.717) is 6.61 Å². The fourth-order valence-corrected chi connectivity index (χ4v) is 2.00. The summed E-state index contributed by atoms with van der Waals surface area (Å²) in [5.74, 6) is 1.03. The molecule has 15 heavy (non-hydrogen) atoms. The quantitative estimate of drug-likeness (QED) is 0.595. The van der Waals surface area contributed by atoms with Crippen LogP contribution in [0.4, 0.5) is 0 Å². The first-order valence-corrected chi connectivity index (χ1v) is 5.31. The second-order valence-corrected chi connectivity index (χ2v) is 3.78. The summed E-state index contributed by atoms with van der Waals surface area (Å²) in [4.78, 5) is 0. The summed E-state index contributed by atoms with van der Waals surface area (Å²) < 4.78 is 5.63. The van der Waals surface area contributed by atoms with E-state index < -0.39 is 0 Å². The first-order valence-electron chi connectivity index (χ1n) is 5.31. The second kappa shape index (κ2) is 4.34. The van der Waals surface area contributed by atoms with Crippen molar-refractivity contribution in [2.24, 2.45) is 11.1 Å². The molecule has 0 amide bonds. The lowest BCUT2D eigenvalue weighted by molar-refractivity contribution is 0.254. The summed E-state index contributed by atoms with van der Waals surface area (Å²) in [5.41, 5.74) is 1.68. The zero-order valence-corrected chi connectivity index (χ0v) is 8.81. The lowest BCUT2D eigenvalue weighted by Gasteiger charge is -2.25. The van der Waals surface area contributed by atoms with Gasteiger partial charge in [0.15, 0.2) is 0 Å². The van der Waals surface area contributed by atoms with Crippen LogP contribution in [0.3, 0.4) is 0 Å². The minimum absolute atomic E-state index is 0.217. The van der Waals surface area contributed by atoms with Crippen LogP contribution in [0.5, 0.6) is 5.75 Å². The van der Waals surface area contributed by atoms with E-state index in [1.165, 1.54) is 0 Å². The molecule has 1 heterocycles. The van der Waals surface area contributed by atoms with Gasteiger partial charge >= 0.3 is 0 Å². The lowest BCUT2D eigenvalue weighted by atomic mass is 9.91. The monoisotopic (exact) mass is 205 g/mol. The standard InChI is InChI=1S/C12H15NO2/c1-2-5-9-8-15-11-7-4-3-6-10(11)12(9)13-14/h3-4,6-7,9,14H,2,5,8H2,1H3/b13-12+. The highest BCUT2D eigenvalue weighted by Crippen LogP contribution is 2.29. The van der Waals surface area contributed by atoms with Gasteiger partial charge in [0.1, 0.15) is 5.75 Å². The summed E-state index contributed by atoms with van der Waals surface area (Å²) >= 11 is 0. The highest BCUT2D eigenvalue weighted by Gasteiger charge is 2.26. The fraction of sp³-hybridized carbons (Fsp3) is 0.417. The fourth-order valence-electron chi connectivity index (χ4n) is 2.00. The van der Waals surface area contributed by atoms with Crippen molar-refractivity contribution in [2.45, 2.75) is 19.8 Å². The van der Waals surface area contributed by atoms with Crippen LogP contribution in [-0.2, 0) is 0 Å². The van der Waals surface area contributed by atoms with Gasteiger partial charge in [-0.3, -0.25) is 0 Å². The molecule has 1 aromatic rings. The Morgan fingerprint density at radius 2 is 2.27 bits per heavy atom. The third-order valence-electron chi connectivity index (χ3n) is 2.73. The van der Waals surface area contributed by atoms with Gasteiger partial charge in [0, 0.05) is 11.5 Å². The maximum absolute atomic E-state index is 9.07. The van der Waals surface area contributed by atoms with Crippen LogP contribution in [0.15, 0.2) is 29.4 Å². The number of hydrogen-bond acceptors (Lipinski definition) is 3. The first-order chi connectivity index (χ1) is 7.36. The molecular formula is C12H15NO2. The number of benzene rings is 1. The third kappa shape index (κ3) is 1.82. The van der Waals surface area contributed by atoms with Crippen molar-refractivity contribution in [1.29, 1.82) is 0 Å². The molecule has 1 N–H and O–H groups in total. The van der Waals surface area contributed by atoms with Crippen LogP contribution in [-0.4, -0.2) is 17.5 Å².